The highest BCUT2D eigenvalue weighted by molar-refractivity contribution is 5.92. The minimum Gasteiger partial charge on any atom is -0.461 e. The third-order valence-electron chi connectivity index (χ3n) is 8.61. The quantitative estimate of drug-likeness (QED) is 0.0718. The van der Waals surface area contributed by atoms with Crippen molar-refractivity contribution in [2.24, 2.45) is 28.4 Å². The second-order valence-electron chi connectivity index (χ2n) is 16.4. The molecule has 0 radical (unpaired) electrons. The molecular weight excluding hydrogens is 634 g/mol. The molecule has 1 rings (SSSR count). The number of carbonyl (C=O) groups is 5. The number of urea groups is 1. The predicted molar refractivity (Wildman–Crippen MR) is 198 cm³/mol. The summed E-state index contributed by atoms with van der Waals surface area (Å²) in [5.41, 5.74) is 7.24. The highest BCUT2D eigenvalue weighted by Gasteiger charge is 2.29. The van der Waals surface area contributed by atoms with E-state index in [0.717, 1.165) is 43.2 Å². The zero-order valence-electron chi connectivity index (χ0n) is 32.3. The fourth-order valence-electron chi connectivity index (χ4n) is 5.36. The Morgan fingerprint density at radius 2 is 1.42 bits per heavy atom. The zero-order valence-corrected chi connectivity index (χ0v) is 32.3. The van der Waals surface area contributed by atoms with Gasteiger partial charge in [0.2, 0.25) is 5.91 Å². The SMILES string of the molecule is CC(C)[C@H](CC(=O)CCCCCC(C)(C)C)C(=O)N[C@@H](CCCNC(N)=O)C(=O)Cc1ccc(COC(=O)CCCOCCC(C)(C)C)cc1. The van der Waals surface area contributed by atoms with Gasteiger partial charge in [0.15, 0.2) is 5.78 Å². The molecule has 0 aromatic heterocycles. The summed E-state index contributed by atoms with van der Waals surface area (Å²) < 4.78 is 11.0. The molecule has 3 amide bonds. The van der Waals surface area contributed by atoms with Crippen molar-refractivity contribution >= 4 is 29.5 Å². The number of hydrogen-bond donors (Lipinski definition) is 3. The lowest BCUT2D eigenvalue weighted by Crippen LogP contribution is -2.46. The number of nitrogens with two attached hydrogens (primary N) is 1. The fourth-order valence-corrected chi connectivity index (χ4v) is 5.36. The summed E-state index contributed by atoms with van der Waals surface area (Å²) in [5.74, 6) is -1.33. The normalized spacial score (nSPS) is 13.1. The maximum Gasteiger partial charge on any atom is 0.312 e. The van der Waals surface area contributed by atoms with Crippen molar-refractivity contribution in [3.63, 3.8) is 0 Å². The van der Waals surface area contributed by atoms with Gasteiger partial charge < -0.3 is 25.8 Å². The highest BCUT2D eigenvalue weighted by atomic mass is 16.5. The monoisotopic (exact) mass is 701 g/mol. The Morgan fingerprint density at radius 1 is 0.780 bits per heavy atom. The van der Waals surface area contributed by atoms with Crippen LogP contribution in [0.4, 0.5) is 4.79 Å². The second-order valence-corrected chi connectivity index (χ2v) is 16.4. The van der Waals surface area contributed by atoms with Crippen LogP contribution in [0.1, 0.15) is 137 Å². The number of benzene rings is 1. The van der Waals surface area contributed by atoms with Gasteiger partial charge in [0.25, 0.3) is 0 Å². The summed E-state index contributed by atoms with van der Waals surface area (Å²) >= 11 is 0. The number of ether oxygens (including phenoxy) is 2. The molecule has 2 atom stereocenters. The molecule has 0 heterocycles. The third kappa shape index (κ3) is 22.4. The summed E-state index contributed by atoms with van der Waals surface area (Å²) in [4.78, 5) is 63.2. The average molecular weight is 702 g/mol. The molecule has 0 fully saturated rings. The molecule has 10 nitrogen and oxygen atoms in total. The van der Waals surface area contributed by atoms with E-state index in [9.17, 15) is 24.0 Å². The topological polar surface area (TPSA) is 154 Å². The van der Waals surface area contributed by atoms with E-state index in [4.69, 9.17) is 15.2 Å². The van der Waals surface area contributed by atoms with E-state index in [0.29, 0.717) is 38.9 Å². The first-order valence-electron chi connectivity index (χ1n) is 18.6. The largest absolute Gasteiger partial charge is 0.461 e. The Bertz CT molecular complexity index is 1180. The van der Waals surface area contributed by atoms with Crippen molar-refractivity contribution in [2.75, 3.05) is 19.8 Å². The van der Waals surface area contributed by atoms with Gasteiger partial charge >= 0.3 is 12.0 Å². The number of nitrogens with one attached hydrogen (secondary N) is 2. The lowest BCUT2D eigenvalue weighted by molar-refractivity contribution is -0.145. The van der Waals surface area contributed by atoms with Crippen molar-refractivity contribution in [2.45, 2.75) is 145 Å². The highest BCUT2D eigenvalue weighted by Crippen LogP contribution is 2.23. The molecule has 10 heteroatoms. The molecule has 4 N–H and O–H groups in total. The molecule has 0 saturated carbocycles. The number of ketones is 2. The number of primary amides is 1. The standard InChI is InChI=1S/C40H67N3O7/c1-29(2)33(27-32(44)14-10-9-11-21-39(3,4)5)37(47)43-34(15-12-23-42-38(41)48)35(45)26-30-17-19-31(20-18-30)28-50-36(46)16-13-24-49-25-22-40(6,7)8/h17-20,29,33-34H,9-16,21-28H2,1-8H3,(H,43,47)(H3,41,42,48)/t33-,34-/m0/s1. The first kappa shape index (κ1) is 44.8. The third-order valence-corrected chi connectivity index (χ3v) is 8.61. The van der Waals surface area contributed by atoms with Crippen LogP contribution in [0.2, 0.25) is 0 Å². The Kier molecular flexibility index (Phi) is 20.8. The van der Waals surface area contributed by atoms with Crippen molar-refractivity contribution in [1.82, 2.24) is 10.6 Å². The summed E-state index contributed by atoms with van der Waals surface area (Å²) in [6, 6.07) is 5.83. The van der Waals surface area contributed by atoms with E-state index in [2.05, 4.69) is 52.2 Å². The predicted octanol–water partition coefficient (Wildman–Crippen LogP) is 7.24. The Balaban J connectivity index is 2.71. The minimum absolute atomic E-state index is 0.0644. The number of amides is 3. The van der Waals surface area contributed by atoms with Gasteiger partial charge in [-0.3, -0.25) is 19.2 Å². The van der Waals surface area contributed by atoms with Crippen molar-refractivity contribution < 1.29 is 33.4 Å². The molecule has 0 aliphatic carbocycles. The lowest BCUT2D eigenvalue weighted by Gasteiger charge is -2.24. The summed E-state index contributed by atoms with van der Waals surface area (Å²) in [5, 5.41) is 5.46. The Hall–Kier alpha value is -3.27. The molecule has 0 unspecified atom stereocenters. The van der Waals surface area contributed by atoms with E-state index in [1.807, 2.05) is 38.1 Å². The molecule has 1 aromatic carbocycles. The van der Waals surface area contributed by atoms with Gasteiger partial charge in [-0.2, -0.15) is 0 Å². The van der Waals surface area contributed by atoms with E-state index in [1.165, 1.54) is 0 Å². The van der Waals surface area contributed by atoms with Gasteiger partial charge in [0, 0.05) is 51.4 Å². The average Bonchev–Trinajstić information content (AvgIpc) is 3.01. The number of carbonyl (C=O) groups excluding carboxylic acids is 5. The lowest BCUT2D eigenvalue weighted by atomic mass is 9.87. The molecule has 50 heavy (non-hydrogen) atoms. The van der Waals surface area contributed by atoms with Crippen LogP contribution < -0.4 is 16.4 Å². The van der Waals surface area contributed by atoms with Gasteiger partial charge in [-0.05, 0) is 66.4 Å². The zero-order chi connectivity index (χ0) is 37.7. The van der Waals surface area contributed by atoms with E-state index < -0.39 is 18.0 Å². The van der Waals surface area contributed by atoms with E-state index in [-0.39, 0.29) is 72.6 Å². The Labute approximate surface area is 301 Å². The molecule has 1 aromatic rings. The van der Waals surface area contributed by atoms with E-state index in [1.54, 1.807) is 0 Å². The number of unbranched alkanes of at least 4 members (excludes halogenated alkanes) is 2. The molecule has 0 spiro atoms. The smallest absolute Gasteiger partial charge is 0.312 e. The van der Waals surface area contributed by atoms with Gasteiger partial charge in [-0.25, -0.2) is 4.79 Å². The summed E-state index contributed by atoms with van der Waals surface area (Å²) in [6.45, 7) is 18.5. The molecule has 284 valence electrons. The number of esters is 1. The van der Waals surface area contributed by atoms with Crippen LogP contribution in [-0.4, -0.2) is 55.3 Å². The maximum absolute atomic E-state index is 13.5. The van der Waals surface area contributed by atoms with Crippen LogP contribution in [0.25, 0.3) is 0 Å². The number of hydrogen-bond acceptors (Lipinski definition) is 7. The maximum atomic E-state index is 13.5. The van der Waals surface area contributed by atoms with Crippen LogP contribution in [0, 0.1) is 22.7 Å². The van der Waals surface area contributed by atoms with Crippen molar-refractivity contribution in [3.8, 4) is 0 Å². The van der Waals surface area contributed by atoms with E-state index >= 15 is 0 Å². The molecular formula is C40H67N3O7. The number of Topliss-reactive ketones (excluding diaryl/α,β-unsaturated/α-hetero) is 2. The van der Waals surface area contributed by atoms with Gasteiger partial charge in [0.05, 0.1) is 6.04 Å². The van der Waals surface area contributed by atoms with Gasteiger partial charge in [0.1, 0.15) is 12.4 Å². The van der Waals surface area contributed by atoms with Crippen LogP contribution in [-0.2, 0) is 41.7 Å². The Morgan fingerprint density at radius 3 is 2.02 bits per heavy atom. The fraction of sp³-hybridized carbons (Fsp3) is 0.725. The second kappa shape index (κ2) is 23.3. The van der Waals surface area contributed by atoms with Gasteiger partial charge in [-0.15, -0.1) is 0 Å². The molecule has 0 bridgehead atoms. The molecule has 0 aliphatic rings. The van der Waals surface area contributed by atoms with Crippen LogP contribution >= 0.6 is 0 Å². The number of rotatable bonds is 25. The molecule has 0 aliphatic heterocycles. The summed E-state index contributed by atoms with van der Waals surface area (Å²) in [6.07, 6.45) is 7.25. The van der Waals surface area contributed by atoms with Crippen LogP contribution in [0.3, 0.4) is 0 Å². The van der Waals surface area contributed by atoms with Crippen LogP contribution in [0.5, 0.6) is 0 Å². The first-order valence-corrected chi connectivity index (χ1v) is 18.6. The van der Waals surface area contributed by atoms with Crippen LogP contribution in [0.15, 0.2) is 24.3 Å². The van der Waals surface area contributed by atoms with Crippen molar-refractivity contribution in [1.29, 1.82) is 0 Å². The molecule has 0 saturated heterocycles. The van der Waals surface area contributed by atoms with Crippen molar-refractivity contribution in [3.05, 3.63) is 35.4 Å². The minimum atomic E-state index is -0.788. The van der Waals surface area contributed by atoms with Gasteiger partial charge in [-0.1, -0.05) is 92.5 Å². The summed E-state index contributed by atoms with van der Waals surface area (Å²) in [7, 11) is 0. The first-order chi connectivity index (χ1) is 23.4.